The first-order chi connectivity index (χ1) is 6.83. The lowest BCUT2D eigenvalue weighted by atomic mass is 10.0. The molecule has 2 rings (SSSR count). The maximum absolute atomic E-state index is 5.95. The highest BCUT2D eigenvalue weighted by Crippen LogP contribution is 2.38. The fourth-order valence-corrected chi connectivity index (χ4v) is 1.64. The van der Waals surface area contributed by atoms with Crippen LogP contribution in [0.15, 0.2) is 42.0 Å². The Kier molecular flexibility index (Phi) is 2.40. The molecule has 0 atom stereocenters. The van der Waals surface area contributed by atoms with Gasteiger partial charge in [0.05, 0.1) is 0 Å². The molecule has 1 aliphatic carbocycles. The molecule has 0 aromatic heterocycles. The van der Waals surface area contributed by atoms with Crippen LogP contribution in [0.1, 0.15) is 25.3 Å². The Labute approximate surface area is 84.9 Å². The molecule has 1 aromatic rings. The Morgan fingerprint density at radius 2 is 2.00 bits per heavy atom. The van der Waals surface area contributed by atoms with Gasteiger partial charge in [0, 0.05) is 11.3 Å². The summed E-state index contributed by atoms with van der Waals surface area (Å²) in [5, 5.41) is 0. The third-order valence-corrected chi connectivity index (χ3v) is 2.47. The second-order valence-electron chi connectivity index (χ2n) is 3.60. The van der Waals surface area contributed by atoms with Crippen molar-refractivity contribution in [3.8, 4) is 0 Å². The minimum atomic E-state index is 0.875. The zero-order valence-corrected chi connectivity index (χ0v) is 8.46. The fraction of sp³-hybridized carbons (Fsp3) is 0.231. The average Bonchev–Trinajstić information content (AvgIpc) is 2.99. The first-order valence-corrected chi connectivity index (χ1v) is 5.02. The number of benzene rings is 1. The summed E-state index contributed by atoms with van der Waals surface area (Å²) in [4.78, 5) is 0. The summed E-state index contributed by atoms with van der Waals surface area (Å²) < 4.78 is 0. The Bertz CT molecular complexity index is 393. The van der Waals surface area contributed by atoms with E-state index in [0.29, 0.717) is 0 Å². The van der Waals surface area contributed by atoms with Crippen LogP contribution in [-0.2, 0) is 0 Å². The minimum absolute atomic E-state index is 0.875. The van der Waals surface area contributed by atoms with Crippen LogP contribution >= 0.6 is 0 Å². The summed E-state index contributed by atoms with van der Waals surface area (Å²) in [5.74, 6) is 0. The Balaban J connectivity index is 2.47. The van der Waals surface area contributed by atoms with Crippen molar-refractivity contribution in [3.05, 3.63) is 47.6 Å². The summed E-state index contributed by atoms with van der Waals surface area (Å²) in [5.41, 5.74) is 10.9. The second kappa shape index (κ2) is 3.70. The minimum Gasteiger partial charge on any atom is -0.398 e. The molecular formula is C13H15N. The number of para-hydroxylation sites is 1. The maximum atomic E-state index is 5.95. The molecule has 0 heterocycles. The van der Waals surface area contributed by atoms with Gasteiger partial charge in [0.15, 0.2) is 0 Å². The van der Waals surface area contributed by atoms with Gasteiger partial charge in [0.25, 0.3) is 0 Å². The smallest absolute Gasteiger partial charge is 0.0393 e. The van der Waals surface area contributed by atoms with Gasteiger partial charge < -0.3 is 5.73 Å². The van der Waals surface area contributed by atoms with Crippen molar-refractivity contribution in [2.75, 3.05) is 5.73 Å². The number of hydrogen-bond acceptors (Lipinski definition) is 1. The molecule has 72 valence electrons. The molecule has 0 saturated heterocycles. The number of rotatable bonds is 2. The Morgan fingerprint density at radius 1 is 1.29 bits per heavy atom. The van der Waals surface area contributed by atoms with E-state index >= 15 is 0 Å². The van der Waals surface area contributed by atoms with Gasteiger partial charge in [0.2, 0.25) is 0 Å². The van der Waals surface area contributed by atoms with Gasteiger partial charge in [-0.1, -0.05) is 35.9 Å². The van der Waals surface area contributed by atoms with Crippen LogP contribution in [0.5, 0.6) is 0 Å². The lowest BCUT2D eigenvalue weighted by Crippen LogP contribution is -1.91. The molecule has 1 aliphatic rings. The summed E-state index contributed by atoms with van der Waals surface area (Å²) in [6, 6.07) is 8.07. The normalized spacial score (nSPS) is 14.8. The zero-order chi connectivity index (χ0) is 9.97. The van der Waals surface area contributed by atoms with Gasteiger partial charge in [-0.2, -0.15) is 0 Å². The number of hydrogen-bond donors (Lipinski definition) is 1. The second-order valence-corrected chi connectivity index (χ2v) is 3.60. The van der Waals surface area contributed by atoms with Gasteiger partial charge in [-0.15, -0.1) is 0 Å². The predicted octanol–water partition coefficient (Wildman–Crippen LogP) is 3.39. The largest absolute Gasteiger partial charge is 0.398 e. The molecule has 1 heteroatoms. The van der Waals surface area contributed by atoms with E-state index in [0.717, 1.165) is 5.69 Å². The molecule has 1 saturated carbocycles. The van der Waals surface area contributed by atoms with E-state index in [1.807, 2.05) is 25.1 Å². The van der Waals surface area contributed by atoms with Crippen LogP contribution in [0.2, 0.25) is 0 Å². The highest BCUT2D eigenvalue weighted by atomic mass is 14.6. The van der Waals surface area contributed by atoms with Crippen molar-refractivity contribution >= 4 is 11.3 Å². The highest BCUT2D eigenvalue weighted by molar-refractivity contribution is 5.84. The van der Waals surface area contributed by atoms with Gasteiger partial charge in [0.1, 0.15) is 0 Å². The van der Waals surface area contributed by atoms with E-state index in [-0.39, 0.29) is 0 Å². The molecule has 2 N–H and O–H groups in total. The van der Waals surface area contributed by atoms with E-state index in [9.17, 15) is 0 Å². The molecule has 0 unspecified atom stereocenters. The first kappa shape index (κ1) is 9.07. The Hall–Kier alpha value is -1.50. The summed E-state index contributed by atoms with van der Waals surface area (Å²) in [6.07, 6.45) is 6.70. The van der Waals surface area contributed by atoms with E-state index < -0.39 is 0 Å². The van der Waals surface area contributed by atoms with Crippen molar-refractivity contribution in [1.29, 1.82) is 0 Å². The van der Waals surface area contributed by atoms with Crippen molar-refractivity contribution in [3.63, 3.8) is 0 Å². The van der Waals surface area contributed by atoms with Gasteiger partial charge in [-0.05, 0) is 31.4 Å². The van der Waals surface area contributed by atoms with Gasteiger partial charge >= 0.3 is 0 Å². The highest BCUT2D eigenvalue weighted by Gasteiger charge is 2.17. The van der Waals surface area contributed by atoms with Crippen LogP contribution < -0.4 is 5.73 Å². The lowest BCUT2D eigenvalue weighted by molar-refractivity contribution is 1.50. The monoisotopic (exact) mass is 185 g/mol. The Morgan fingerprint density at radius 3 is 2.57 bits per heavy atom. The van der Waals surface area contributed by atoms with Crippen molar-refractivity contribution in [2.45, 2.75) is 19.8 Å². The van der Waals surface area contributed by atoms with Crippen LogP contribution in [0.4, 0.5) is 5.69 Å². The van der Waals surface area contributed by atoms with E-state index in [1.54, 1.807) is 0 Å². The van der Waals surface area contributed by atoms with E-state index in [4.69, 9.17) is 5.73 Å². The van der Waals surface area contributed by atoms with Crippen molar-refractivity contribution < 1.29 is 0 Å². The quantitative estimate of drug-likeness (QED) is 0.702. The number of allylic oxidation sites excluding steroid dienone is 4. The van der Waals surface area contributed by atoms with Gasteiger partial charge in [-0.25, -0.2) is 0 Å². The van der Waals surface area contributed by atoms with Crippen LogP contribution in [-0.4, -0.2) is 0 Å². The molecule has 1 aromatic carbocycles. The van der Waals surface area contributed by atoms with E-state index in [1.165, 1.54) is 29.6 Å². The maximum Gasteiger partial charge on any atom is 0.0393 e. The standard InChI is InChI=1S/C13H15N/c1-2-5-11(10-8-9-10)12-6-3-4-7-13(12)14/h2-7H,8-9,14H2,1H3/b5-2+. The molecule has 1 nitrogen and oxygen atoms in total. The van der Waals surface area contributed by atoms with Crippen LogP contribution in [0.3, 0.4) is 0 Å². The molecule has 0 spiro atoms. The molecule has 0 bridgehead atoms. The van der Waals surface area contributed by atoms with Crippen LogP contribution in [0.25, 0.3) is 5.57 Å². The van der Waals surface area contributed by atoms with Crippen LogP contribution in [0, 0.1) is 0 Å². The third kappa shape index (κ3) is 1.72. The van der Waals surface area contributed by atoms with Crippen molar-refractivity contribution in [1.82, 2.24) is 0 Å². The number of nitrogen functional groups attached to an aromatic ring is 1. The van der Waals surface area contributed by atoms with Crippen molar-refractivity contribution in [2.24, 2.45) is 0 Å². The molecule has 14 heavy (non-hydrogen) atoms. The molecule has 1 fully saturated rings. The molecule has 0 radical (unpaired) electrons. The average molecular weight is 185 g/mol. The molecule has 0 aliphatic heterocycles. The van der Waals surface area contributed by atoms with E-state index in [2.05, 4.69) is 18.2 Å². The SMILES string of the molecule is C/C=C/C(=C1CC1)c1ccccc1N. The summed E-state index contributed by atoms with van der Waals surface area (Å²) in [7, 11) is 0. The summed E-state index contributed by atoms with van der Waals surface area (Å²) in [6.45, 7) is 2.04. The third-order valence-electron chi connectivity index (χ3n) is 2.47. The van der Waals surface area contributed by atoms with Gasteiger partial charge in [-0.3, -0.25) is 0 Å². The topological polar surface area (TPSA) is 26.0 Å². The molecule has 0 amide bonds. The first-order valence-electron chi connectivity index (χ1n) is 5.02. The predicted molar refractivity (Wildman–Crippen MR) is 61.8 cm³/mol. The number of nitrogens with two attached hydrogens (primary N) is 1. The lowest BCUT2D eigenvalue weighted by Gasteiger charge is -2.05. The molecular weight excluding hydrogens is 170 g/mol. The summed E-state index contributed by atoms with van der Waals surface area (Å²) >= 11 is 0. The fourth-order valence-electron chi connectivity index (χ4n) is 1.64. The number of anilines is 1. The zero-order valence-electron chi connectivity index (χ0n) is 8.46.